The van der Waals surface area contributed by atoms with Gasteiger partial charge in [0.05, 0.1) is 5.69 Å². The number of benzene rings is 2. The number of aliphatic imine (C=N–C) groups is 1. The Morgan fingerprint density at radius 3 is 1.96 bits per heavy atom. The van der Waals surface area contributed by atoms with Gasteiger partial charge in [-0.2, -0.15) is 0 Å². The Morgan fingerprint density at radius 2 is 1.48 bits per heavy atom. The van der Waals surface area contributed by atoms with E-state index in [2.05, 4.69) is 37.9 Å². The van der Waals surface area contributed by atoms with Crippen molar-refractivity contribution in [3.8, 4) is 0 Å². The predicted molar refractivity (Wildman–Crippen MR) is 110 cm³/mol. The summed E-state index contributed by atoms with van der Waals surface area (Å²) in [7, 11) is 0. The molecule has 0 aliphatic rings. The number of rotatable bonds is 2. The van der Waals surface area contributed by atoms with Gasteiger partial charge < -0.3 is 10.5 Å². The van der Waals surface area contributed by atoms with Gasteiger partial charge in [-0.05, 0) is 76.1 Å². The average molecular weight is 361 g/mol. The van der Waals surface area contributed by atoms with Gasteiger partial charge in [0.1, 0.15) is 11.6 Å². The van der Waals surface area contributed by atoms with E-state index in [-0.39, 0.29) is 5.78 Å². The first-order valence-electron chi connectivity index (χ1n) is 8.36. The minimum Gasteiger partial charge on any atom is -0.383 e. The van der Waals surface area contributed by atoms with Crippen LogP contribution in [0, 0.1) is 20.8 Å². The van der Waals surface area contributed by atoms with Crippen LogP contribution in [0.5, 0.6) is 0 Å². The van der Waals surface area contributed by atoms with Crippen LogP contribution in [0.15, 0.2) is 41.4 Å². The van der Waals surface area contributed by atoms with E-state index in [1.165, 1.54) is 30.5 Å². The normalized spacial score (nSPS) is 10.2. The van der Waals surface area contributed by atoms with Crippen LogP contribution in [0.3, 0.4) is 0 Å². The number of Topliss-reactive ketones (excluding diaryl/α,β-unsaturated/α-hetero) is 1. The Labute approximate surface area is 156 Å². The van der Waals surface area contributed by atoms with Crippen molar-refractivity contribution in [1.29, 1.82) is 0 Å². The van der Waals surface area contributed by atoms with Gasteiger partial charge in [0.15, 0.2) is 0 Å². The van der Waals surface area contributed by atoms with E-state index in [1.807, 2.05) is 38.1 Å². The highest BCUT2D eigenvalue weighted by atomic mass is 35.5. The van der Waals surface area contributed by atoms with E-state index < -0.39 is 0 Å². The van der Waals surface area contributed by atoms with Crippen LogP contribution >= 0.6 is 11.6 Å². The molecule has 0 aliphatic carbocycles. The number of carbonyl (C=O) groups is 1. The van der Waals surface area contributed by atoms with Gasteiger partial charge in [-0.15, -0.1) is 0 Å². The molecule has 0 aliphatic heterocycles. The van der Waals surface area contributed by atoms with Crippen LogP contribution in [0.1, 0.15) is 49.9 Å². The van der Waals surface area contributed by atoms with Crippen LogP contribution in [-0.2, 0) is 4.79 Å². The van der Waals surface area contributed by atoms with Gasteiger partial charge in [-0.1, -0.05) is 37.1 Å². The highest BCUT2D eigenvalue weighted by Gasteiger charge is 2.06. The maximum Gasteiger partial charge on any atom is 0.131 e. The quantitative estimate of drug-likeness (QED) is 0.533. The van der Waals surface area contributed by atoms with Crippen LogP contribution in [0.25, 0.3) is 0 Å². The van der Waals surface area contributed by atoms with Gasteiger partial charge in [0, 0.05) is 10.6 Å². The van der Waals surface area contributed by atoms with Crippen LogP contribution < -0.4 is 5.73 Å². The molecule has 4 heteroatoms. The largest absolute Gasteiger partial charge is 0.383 e. The zero-order chi connectivity index (χ0) is 19.6. The summed E-state index contributed by atoms with van der Waals surface area (Å²) in [5.41, 5.74) is 11.5. The number of nitrogens with zero attached hydrogens (tertiary/aromatic N) is 1. The topological polar surface area (TPSA) is 55.5 Å². The second-order valence-corrected chi connectivity index (χ2v) is 6.07. The second-order valence-electron chi connectivity index (χ2n) is 5.64. The maximum atomic E-state index is 9.44. The molecule has 0 radical (unpaired) electrons. The zero-order valence-electron chi connectivity index (χ0n) is 16.3. The van der Waals surface area contributed by atoms with Crippen LogP contribution in [0.2, 0.25) is 5.02 Å². The van der Waals surface area contributed by atoms with E-state index in [0.717, 1.165) is 11.3 Å². The summed E-state index contributed by atoms with van der Waals surface area (Å²) < 4.78 is 0. The molecule has 0 saturated heterocycles. The van der Waals surface area contributed by atoms with Gasteiger partial charge in [0.25, 0.3) is 0 Å². The summed E-state index contributed by atoms with van der Waals surface area (Å²) in [5.74, 6) is 0.701. The molecule has 0 heterocycles. The molecule has 0 fully saturated rings. The van der Waals surface area contributed by atoms with E-state index >= 15 is 0 Å². The third kappa shape index (κ3) is 8.50. The molecule has 2 rings (SSSR count). The first-order chi connectivity index (χ1) is 11.7. The Bertz CT molecular complexity index is 715. The fraction of sp³-hybridized carbons (Fsp3) is 0.333. The van der Waals surface area contributed by atoms with Gasteiger partial charge in [0.2, 0.25) is 0 Å². The molecule has 3 nitrogen and oxygen atoms in total. The molecule has 136 valence electrons. The number of nitrogens with two attached hydrogens (primary N) is 1. The molecule has 0 amide bonds. The summed E-state index contributed by atoms with van der Waals surface area (Å²) in [6.45, 7) is 13.3. The molecule has 2 aromatic carbocycles. The van der Waals surface area contributed by atoms with Crippen molar-refractivity contribution in [3.63, 3.8) is 0 Å². The lowest BCUT2D eigenvalue weighted by molar-refractivity contribution is -0.114. The molecular weight excluding hydrogens is 332 g/mol. The highest BCUT2D eigenvalue weighted by Crippen LogP contribution is 2.20. The number of aryl methyl sites for hydroxylation is 2. The van der Waals surface area contributed by atoms with Gasteiger partial charge in [-0.25, -0.2) is 4.99 Å². The standard InChI is InChI=1S/C16H17ClN2.C3H6O.C2H6/c1-10-8-11(2)12(3)15(9-10)16(18)19-14-6-4-13(17)5-7-14;1-3(2)4;1-2/h4-9H,1-3H3,(H2,18,19);1-2H3;1-2H3. The van der Waals surface area contributed by atoms with Gasteiger partial charge >= 0.3 is 0 Å². The molecule has 0 atom stereocenters. The summed E-state index contributed by atoms with van der Waals surface area (Å²) in [6, 6.07) is 11.5. The third-order valence-corrected chi connectivity index (χ3v) is 3.42. The molecule has 0 unspecified atom stereocenters. The fourth-order valence-corrected chi connectivity index (χ4v) is 2.15. The average Bonchev–Trinajstić information content (AvgIpc) is 2.54. The molecule has 0 saturated carbocycles. The number of hydrogen-bond acceptors (Lipinski definition) is 2. The summed E-state index contributed by atoms with van der Waals surface area (Å²) >= 11 is 5.85. The highest BCUT2D eigenvalue weighted by molar-refractivity contribution is 6.30. The first-order valence-corrected chi connectivity index (χ1v) is 8.73. The number of amidine groups is 1. The lowest BCUT2D eigenvalue weighted by Crippen LogP contribution is -2.15. The lowest BCUT2D eigenvalue weighted by Gasteiger charge is -2.10. The summed E-state index contributed by atoms with van der Waals surface area (Å²) in [4.78, 5) is 13.9. The second kappa shape index (κ2) is 11.4. The first kappa shape index (κ1) is 22.9. The molecular formula is C21H29ClN2O. The van der Waals surface area contributed by atoms with Crippen molar-refractivity contribution in [1.82, 2.24) is 0 Å². The van der Waals surface area contributed by atoms with Crippen molar-refractivity contribution in [3.05, 3.63) is 63.7 Å². The number of halogens is 1. The Balaban J connectivity index is 0.000000845. The van der Waals surface area contributed by atoms with E-state index in [4.69, 9.17) is 17.3 Å². The molecule has 0 bridgehead atoms. The minimum atomic E-state index is 0.167. The minimum absolute atomic E-state index is 0.167. The van der Waals surface area contributed by atoms with Crippen LogP contribution in [-0.4, -0.2) is 11.6 Å². The number of carbonyl (C=O) groups excluding carboxylic acids is 1. The van der Waals surface area contributed by atoms with E-state index in [0.29, 0.717) is 10.9 Å². The molecule has 0 aromatic heterocycles. The molecule has 25 heavy (non-hydrogen) atoms. The van der Waals surface area contributed by atoms with Crippen molar-refractivity contribution < 1.29 is 4.79 Å². The number of hydrogen-bond donors (Lipinski definition) is 1. The predicted octanol–water partition coefficient (Wildman–Crippen LogP) is 5.92. The van der Waals surface area contributed by atoms with Crippen molar-refractivity contribution >= 4 is 28.9 Å². The Hall–Kier alpha value is -2.13. The summed E-state index contributed by atoms with van der Waals surface area (Å²) in [5, 5.41) is 0.695. The molecule has 2 N–H and O–H groups in total. The Kier molecular flexibility index (Phi) is 10.5. The molecule has 0 spiro atoms. The summed E-state index contributed by atoms with van der Waals surface area (Å²) in [6.07, 6.45) is 0. The van der Waals surface area contributed by atoms with Crippen molar-refractivity contribution in [2.45, 2.75) is 48.5 Å². The Morgan fingerprint density at radius 1 is 1.00 bits per heavy atom. The van der Waals surface area contributed by atoms with Crippen molar-refractivity contribution in [2.75, 3.05) is 0 Å². The molecule has 2 aromatic rings. The van der Waals surface area contributed by atoms with E-state index in [1.54, 1.807) is 0 Å². The van der Waals surface area contributed by atoms with E-state index in [9.17, 15) is 4.79 Å². The smallest absolute Gasteiger partial charge is 0.131 e. The zero-order valence-corrected chi connectivity index (χ0v) is 17.0. The number of ketones is 1. The fourth-order valence-electron chi connectivity index (χ4n) is 2.02. The third-order valence-electron chi connectivity index (χ3n) is 3.16. The lowest BCUT2D eigenvalue weighted by atomic mass is 9.99. The maximum absolute atomic E-state index is 9.44. The van der Waals surface area contributed by atoms with Gasteiger partial charge in [-0.3, -0.25) is 0 Å². The van der Waals surface area contributed by atoms with Crippen LogP contribution in [0.4, 0.5) is 5.69 Å². The van der Waals surface area contributed by atoms with Crippen molar-refractivity contribution in [2.24, 2.45) is 10.7 Å². The monoisotopic (exact) mass is 360 g/mol. The SMILES string of the molecule is CC.CC(C)=O.Cc1cc(C)c(C)c(C(N)=Nc2ccc(Cl)cc2)c1.